The van der Waals surface area contributed by atoms with Gasteiger partial charge in [-0.25, -0.2) is 9.97 Å². The fourth-order valence-corrected chi connectivity index (χ4v) is 9.85. The lowest BCUT2D eigenvalue weighted by molar-refractivity contribution is 1.02. The third kappa shape index (κ3) is 4.23. The van der Waals surface area contributed by atoms with Gasteiger partial charge in [-0.1, -0.05) is 176 Å². The Kier molecular flexibility index (Phi) is 6.41. The van der Waals surface area contributed by atoms with E-state index in [2.05, 4.69) is 203 Å². The molecule has 58 heavy (non-hydrogen) atoms. The third-order valence-electron chi connectivity index (χ3n) is 12.2. The standard InChI is InChI=1S/C54H32N4/c1-2-19-36(20-3-1)57-50-38-22-8-5-16-34(38)30-32-45(50)48-52(57)42-25-11-10-24-40(42)47-44-31-29-35-17-6-9-23-39(35)51(44)58(53(47)48)54-55-46-28-13-12-26-43(46)49(56-54)41-27-14-18-33-15-4-7-21-37(33)41/h1-32H. The van der Waals surface area contributed by atoms with Gasteiger partial charge >= 0.3 is 0 Å². The predicted molar refractivity (Wildman–Crippen MR) is 244 cm³/mol. The molecule has 0 atom stereocenters. The number of aromatic nitrogens is 4. The minimum atomic E-state index is 0.649. The molecule has 0 aliphatic carbocycles. The molecule has 0 aliphatic heterocycles. The van der Waals surface area contributed by atoms with Crippen molar-refractivity contribution >= 4 is 97.6 Å². The van der Waals surface area contributed by atoms with Crippen molar-refractivity contribution < 1.29 is 0 Å². The van der Waals surface area contributed by atoms with E-state index in [-0.39, 0.29) is 0 Å². The molecular weight excluding hydrogens is 705 g/mol. The maximum atomic E-state index is 5.70. The van der Waals surface area contributed by atoms with Crippen LogP contribution in [0.4, 0.5) is 0 Å². The lowest BCUT2D eigenvalue weighted by Crippen LogP contribution is -2.04. The highest BCUT2D eigenvalue weighted by atomic mass is 15.2. The van der Waals surface area contributed by atoms with Crippen LogP contribution < -0.4 is 0 Å². The molecule has 0 unspecified atom stereocenters. The first-order valence-electron chi connectivity index (χ1n) is 19.8. The van der Waals surface area contributed by atoms with Crippen molar-refractivity contribution in [3.05, 3.63) is 194 Å². The Bertz CT molecular complexity index is 3850. The number of para-hydroxylation sites is 2. The molecule has 268 valence electrons. The zero-order valence-corrected chi connectivity index (χ0v) is 31.3. The first-order chi connectivity index (χ1) is 28.8. The summed E-state index contributed by atoms with van der Waals surface area (Å²) < 4.78 is 4.89. The van der Waals surface area contributed by atoms with E-state index in [1.165, 1.54) is 70.3 Å². The van der Waals surface area contributed by atoms with E-state index in [0.717, 1.165) is 44.3 Å². The Balaban J connectivity index is 1.33. The molecule has 0 aliphatic rings. The molecule has 0 saturated heterocycles. The highest BCUT2D eigenvalue weighted by Gasteiger charge is 2.27. The summed E-state index contributed by atoms with van der Waals surface area (Å²) in [6.45, 7) is 0. The van der Waals surface area contributed by atoms with Gasteiger partial charge in [0.05, 0.1) is 33.3 Å². The topological polar surface area (TPSA) is 35.6 Å². The van der Waals surface area contributed by atoms with Crippen LogP contribution in [0.25, 0.3) is 120 Å². The van der Waals surface area contributed by atoms with Gasteiger partial charge in [-0.05, 0) is 45.1 Å². The summed E-state index contributed by atoms with van der Waals surface area (Å²) in [5.41, 5.74) is 8.60. The van der Waals surface area contributed by atoms with Crippen molar-refractivity contribution in [1.29, 1.82) is 0 Å². The number of nitrogens with zero attached hydrogens (tertiary/aromatic N) is 4. The number of rotatable bonds is 3. The van der Waals surface area contributed by atoms with Crippen LogP contribution in [-0.4, -0.2) is 19.1 Å². The molecule has 13 aromatic rings. The molecule has 0 fully saturated rings. The summed E-state index contributed by atoms with van der Waals surface area (Å²) in [6.07, 6.45) is 0. The summed E-state index contributed by atoms with van der Waals surface area (Å²) >= 11 is 0. The molecule has 13 rings (SSSR count). The highest BCUT2D eigenvalue weighted by molar-refractivity contribution is 6.39. The molecule has 0 spiro atoms. The van der Waals surface area contributed by atoms with E-state index in [4.69, 9.17) is 9.97 Å². The normalized spacial score (nSPS) is 12.1. The fraction of sp³-hybridized carbons (Fsp3) is 0. The fourth-order valence-electron chi connectivity index (χ4n) is 9.85. The third-order valence-corrected chi connectivity index (χ3v) is 12.2. The van der Waals surface area contributed by atoms with Gasteiger partial charge in [-0.3, -0.25) is 4.57 Å². The summed E-state index contributed by atoms with van der Waals surface area (Å²) in [4.78, 5) is 11.2. The first-order valence-corrected chi connectivity index (χ1v) is 19.8. The average Bonchev–Trinajstić information content (AvgIpc) is 3.83. The van der Waals surface area contributed by atoms with Gasteiger partial charge in [0.2, 0.25) is 5.95 Å². The van der Waals surface area contributed by atoms with Crippen molar-refractivity contribution in [2.45, 2.75) is 0 Å². The minimum Gasteiger partial charge on any atom is -0.308 e. The maximum Gasteiger partial charge on any atom is 0.235 e. The number of hydrogen-bond donors (Lipinski definition) is 0. The SMILES string of the molecule is c1ccc(-n2c3c4ccccc4ccc3c3c2c2ccccc2c2c4ccc5ccccc5c4n(-c4nc(-c5cccc6ccccc56)c5ccccc5n4)c23)cc1. The Labute approximate surface area is 332 Å². The van der Waals surface area contributed by atoms with E-state index in [1.54, 1.807) is 0 Å². The zero-order chi connectivity index (χ0) is 37.9. The second-order valence-electron chi connectivity index (χ2n) is 15.3. The van der Waals surface area contributed by atoms with Gasteiger partial charge in [-0.15, -0.1) is 0 Å². The first kappa shape index (κ1) is 31.4. The molecule has 0 N–H and O–H groups in total. The van der Waals surface area contributed by atoms with Crippen LogP contribution in [-0.2, 0) is 0 Å². The maximum absolute atomic E-state index is 5.70. The molecule has 0 amide bonds. The summed E-state index contributed by atoms with van der Waals surface area (Å²) in [5.74, 6) is 0.649. The van der Waals surface area contributed by atoms with Crippen LogP contribution in [0, 0.1) is 0 Å². The van der Waals surface area contributed by atoms with E-state index in [0.29, 0.717) is 5.95 Å². The monoisotopic (exact) mass is 736 g/mol. The highest BCUT2D eigenvalue weighted by Crippen LogP contribution is 2.49. The van der Waals surface area contributed by atoms with Crippen molar-refractivity contribution in [1.82, 2.24) is 19.1 Å². The van der Waals surface area contributed by atoms with Gasteiger partial charge < -0.3 is 4.57 Å². The van der Waals surface area contributed by atoms with E-state index >= 15 is 0 Å². The Hall–Kier alpha value is -7.82. The molecule has 0 saturated carbocycles. The summed E-state index contributed by atoms with van der Waals surface area (Å²) in [5, 5.41) is 15.3. The Morgan fingerprint density at radius 3 is 1.55 bits per heavy atom. The average molecular weight is 737 g/mol. The molecule has 3 heterocycles. The molecule has 0 bridgehead atoms. The van der Waals surface area contributed by atoms with Gasteiger partial charge in [0.25, 0.3) is 0 Å². The summed E-state index contributed by atoms with van der Waals surface area (Å²) in [7, 11) is 0. The molecular formula is C54H32N4. The second-order valence-corrected chi connectivity index (χ2v) is 15.3. The van der Waals surface area contributed by atoms with Crippen LogP contribution in [0.5, 0.6) is 0 Å². The van der Waals surface area contributed by atoms with Crippen LogP contribution in [0.2, 0.25) is 0 Å². The van der Waals surface area contributed by atoms with Crippen molar-refractivity contribution in [3.8, 4) is 22.9 Å². The summed E-state index contributed by atoms with van der Waals surface area (Å²) in [6, 6.07) is 70.0. The number of hydrogen-bond acceptors (Lipinski definition) is 2. The number of benzene rings is 10. The molecule has 10 aromatic carbocycles. The van der Waals surface area contributed by atoms with Crippen LogP contribution in [0.3, 0.4) is 0 Å². The van der Waals surface area contributed by atoms with Gasteiger partial charge in [0.1, 0.15) is 0 Å². The molecule has 0 radical (unpaired) electrons. The molecule has 4 heteroatoms. The Morgan fingerprint density at radius 1 is 0.293 bits per heavy atom. The quantitative estimate of drug-likeness (QED) is 0.181. The van der Waals surface area contributed by atoms with Crippen LogP contribution in [0.1, 0.15) is 0 Å². The number of fused-ring (bicyclic) bond motifs is 16. The predicted octanol–water partition coefficient (Wildman–Crippen LogP) is 14.1. The van der Waals surface area contributed by atoms with Gasteiger partial charge in [-0.2, -0.15) is 0 Å². The van der Waals surface area contributed by atoms with Crippen molar-refractivity contribution in [2.24, 2.45) is 0 Å². The van der Waals surface area contributed by atoms with Crippen LogP contribution >= 0.6 is 0 Å². The zero-order valence-electron chi connectivity index (χ0n) is 31.3. The largest absolute Gasteiger partial charge is 0.308 e. The lowest BCUT2D eigenvalue weighted by Gasteiger charge is -2.15. The van der Waals surface area contributed by atoms with E-state index in [9.17, 15) is 0 Å². The van der Waals surface area contributed by atoms with E-state index < -0.39 is 0 Å². The lowest BCUT2D eigenvalue weighted by atomic mass is 9.98. The Morgan fingerprint density at radius 2 is 0.828 bits per heavy atom. The van der Waals surface area contributed by atoms with Gasteiger partial charge in [0.15, 0.2) is 0 Å². The second kappa shape index (κ2) is 11.8. The smallest absolute Gasteiger partial charge is 0.235 e. The molecule has 3 aromatic heterocycles. The van der Waals surface area contributed by atoms with Crippen molar-refractivity contribution in [3.63, 3.8) is 0 Å². The molecule has 4 nitrogen and oxygen atoms in total. The van der Waals surface area contributed by atoms with Gasteiger partial charge in [0, 0.05) is 54.3 Å². The van der Waals surface area contributed by atoms with Crippen molar-refractivity contribution in [2.75, 3.05) is 0 Å². The minimum absolute atomic E-state index is 0.649. The van der Waals surface area contributed by atoms with Crippen LogP contribution in [0.15, 0.2) is 194 Å². The van der Waals surface area contributed by atoms with E-state index in [1.807, 2.05) is 0 Å².